The van der Waals surface area contributed by atoms with Crippen LogP contribution < -0.4 is 0 Å². The van der Waals surface area contributed by atoms with E-state index in [0.29, 0.717) is 0 Å². The average molecular weight is 198 g/mol. The Bertz CT molecular complexity index is 139. The van der Waals surface area contributed by atoms with Gasteiger partial charge in [0, 0.05) is 6.04 Å². The highest BCUT2D eigenvalue weighted by Crippen LogP contribution is 2.10. The summed E-state index contributed by atoms with van der Waals surface area (Å²) in [6, 6.07) is 0.736. The van der Waals surface area contributed by atoms with Crippen LogP contribution in [-0.4, -0.2) is 49.6 Å². The largest absolute Gasteiger partial charge is 0.307 e. The summed E-state index contributed by atoms with van der Waals surface area (Å²) in [4.78, 5) is 4.95. The molecule has 1 aliphatic rings. The molecule has 14 heavy (non-hydrogen) atoms. The van der Waals surface area contributed by atoms with Gasteiger partial charge in [-0.1, -0.05) is 6.42 Å². The zero-order valence-electron chi connectivity index (χ0n) is 10.1. The summed E-state index contributed by atoms with van der Waals surface area (Å²) >= 11 is 0. The van der Waals surface area contributed by atoms with E-state index in [1.165, 1.54) is 51.7 Å². The van der Waals surface area contributed by atoms with Gasteiger partial charge in [0.05, 0.1) is 0 Å². The molecule has 1 aliphatic heterocycles. The van der Waals surface area contributed by atoms with Gasteiger partial charge >= 0.3 is 0 Å². The fourth-order valence-electron chi connectivity index (χ4n) is 2.05. The Kier molecular flexibility index (Phi) is 5.49. The van der Waals surface area contributed by atoms with Crippen LogP contribution in [0.3, 0.4) is 0 Å². The Morgan fingerprint density at radius 3 is 2.36 bits per heavy atom. The molecule has 2 heteroatoms. The third-order valence-corrected chi connectivity index (χ3v) is 3.43. The first kappa shape index (κ1) is 12.0. The maximum absolute atomic E-state index is 2.63. The lowest BCUT2D eigenvalue weighted by Crippen LogP contribution is -2.32. The van der Waals surface area contributed by atoms with Gasteiger partial charge in [0.2, 0.25) is 0 Å². The van der Waals surface area contributed by atoms with Crippen LogP contribution >= 0.6 is 0 Å². The molecule has 0 spiro atoms. The molecule has 1 fully saturated rings. The minimum Gasteiger partial charge on any atom is -0.307 e. The third kappa shape index (κ3) is 4.43. The minimum absolute atomic E-state index is 0.736. The van der Waals surface area contributed by atoms with Crippen molar-refractivity contribution >= 4 is 0 Å². The second-order valence-electron chi connectivity index (χ2n) is 4.86. The fraction of sp³-hybridized carbons (Fsp3) is 1.00. The van der Waals surface area contributed by atoms with Gasteiger partial charge < -0.3 is 9.80 Å². The van der Waals surface area contributed by atoms with E-state index < -0.39 is 0 Å². The molecule has 1 rings (SSSR count). The van der Waals surface area contributed by atoms with Crippen LogP contribution in [0.2, 0.25) is 0 Å². The Morgan fingerprint density at radius 2 is 1.79 bits per heavy atom. The van der Waals surface area contributed by atoms with Crippen LogP contribution in [0.1, 0.15) is 39.0 Å². The summed E-state index contributed by atoms with van der Waals surface area (Å²) in [5, 5.41) is 0. The topological polar surface area (TPSA) is 6.48 Å². The van der Waals surface area contributed by atoms with Crippen LogP contribution in [0.5, 0.6) is 0 Å². The maximum atomic E-state index is 2.63. The predicted octanol–water partition coefficient (Wildman–Crippen LogP) is 2.20. The van der Waals surface area contributed by atoms with Crippen LogP contribution in [0.25, 0.3) is 0 Å². The van der Waals surface area contributed by atoms with E-state index in [4.69, 9.17) is 0 Å². The lowest BCUT2D eigenvalue weighted by atomic mass is 10.1. The van der Waals surface area contributed by atoms with E-state index in [9.17, 15) is 0 Å². The zero-order valence-corrected chi connectivity index (χ0v) is 10.1. The molecule has 0 radical (unpaired) electrons. The van der Waals surface area contributed by atoms with Crippen molar-refractivity contribution in [2.45, 2.75) is 45.1 Å². The summed E-state index contributed by atoms with van der Waals surface area (Å²) in [7, 11) is 4.34. The summed E-state index contributed by atoms with van der Waals surface area (Å²) in [5.74, 6) is 0. The Hall–Kier alpha value is -0.0800. The van der Waals surface area contributed by atoms with E-state index in [1.807, 2.05) is 0 Å². The molecule has 1 atom stereocenters. The first-order chi connectivity index (χ1) is 6.70. The first-order valence-electron chi connectivity index (χ1n) is 6.09. The molecule has 1 heterocycles. The van der Waals surface area contributed by atoms with Gasteiger partial charge in [-0.25, -0.2) is 0 Å². The molecule has 0 aromatic heterocycles. The van der Waals surface area contributed by atoms with Gasteiger partial charge in [-0.15, -0.1) is 0 Å². The van der Waals surface area contributed by atoms with Gasteiger partial charge in [0.1, 0.15) is 0 Å². The third-order valence-electron chi connectivity index (χ3n) is 3.43. The Labute approximate surface area is 89.3 Å². The molecule has 0 saturated carbocycles. The number of hydrogen-bond donors (Lipinski definition) is 0. The number of rotatable bonds is 5. The second-order valence-corrected chi connectivity index (χ2v) is 4.86. The van der Waals surface area contributed by atoms with Gasteiger partial charge in [0.25, 0.3) is 0 Å². The van der Waals surface area contributed by atoms with Gasteiger partial charge in [-0.3, -0.25) is 0 Å². The van der Waals surface area contributed by atoms with E-state index in [2.05, 4.69) is 30.8 Å². The molecular weight excluding hydrogens is 172 g/mol. The number of hydrogen-bond acceptors (Lipinski definition) is 2. The molecule has 2 nitrogen and oxygen atoms in total. The zero-order chi connectivity index (χ0) is 10.4. The maximum Gasteiger partial charge on any atom is 0.00613 e. The van der Waals surface area contributed by atoms with E-state index >= 15 is 0 Å². The minimum atomic E-state index is 0.736. The molecule has 1 unspecified atom stereocenters. The van der Waals surface area contributed by atoms with E-state index in [0.717, 1.165) is 6.04 Å². The summed E-state index contributed by atoms with van der Waals surface area (Å²) in [6.45, 7) is 6.32. The predicted molar refractivity (Wildman–Crippen MR) is 62.7 cm³/mol. The summed E-state index contributed by atoms with van der Waals surface area (Å²) in [5.41, 5.74) is 0. The van der Waals surface area contributed by atoms with Crippen molar-refractivity contribution in [1.29, 1.82) is 0 Å². The van der Waals surface area contributed by atoms with Crippen molar-refractivity contribution in [1.82, 2.24) is 9.80 Å². The monoisotopic (exact) mass is 198 g/mol. The number of piperidine rings is 1. The van der Waals surface area contributed by atoms with Gasteiger partial charge in [-0.2, -0.15) is 0 Å². The van der Waals surface area contributed by atoms with E-state index in [-0.39, 0.29) is 0 Å². The first-order valence-corrected chi connectivity index (χ1v) is 6.09. The smallest absolute Gasteiger partial charge is 0.00613 e. The van der Waals surface area contributed by atoms with E-state index in [1.54, 1.807) is 0 Å². The molecule has 0 amide bonds. The SMILES string of the molecule is CC(CCCN1CCCCC1)N(C)C. The molecule has 84 valence electrons. The van der Waals surface area contributed by atoms with Crippen molar-refractivity contribution in [3.63, 3.8) is 0 Å². The molecular formula is C12H26N2. The highest BCUT2D eigenvalue weighted by molar-refractivity contribution is 4.66. The molecule has 1 saturated heterocycles. The molecule has 0 N–H and O–H groups in total. The van der Waals surface area contributed by atoms with Crippen LogP contribution in [-0.2, 0) is 0 Å². The van der Waals surface area contributed by atoms with Crippen molar-refractivity contribution < 1.29 is 0 Å². The standard InChI is InChI=1S/C12H26N2/c1-12(13(2)3)8-7-11-14-9-5-4-6-10-14/h12H,4-11H2,1-3H3. The lowest BCUT2D eigenvalue weighted by molar-refractivity contribution is 0.212. The summed E-state index contributed by atoms with van der Waals surface area (Å²) in [6.07, 6.45) is 6.99. The van der Waals surface area contributed by atoms with Gasteiger partial charge in [-0.05, 0) is 66.3 Å². The quantitative estimate of drug-likeness (QED) is 0.668. The van der Waals surface area contributed by atoms with Crippen molar-refractivity contribution in [2.75, 3.05) is 33.7 Å². The highest BCUT2D eigenvalue weighted by Gasteiger charge is 2.10. The molecule has 0 aromatic carbocycles. The number of nitrogens with zero attached hydrogens (tertiary/aromatic N) is 2. The highest BCUT2D eigenvalue weighted by atomic mass is 15.1. The van der Waals surface area contributed by atoms with Gasteiger partial charge in [0.15, 0.2) is 0 Å². The normalized spacial score (nSPS) is 21.4. The molecule has 0 bridgehead atoms. The summed E-state index contributed by atoms with van der Waals surface area (Å²) < 4.78 is 0. The van der Waals surface area contributed by atoms with Crippen LogP contribution in [0.4, 0.5) is 0 Å². The Morgan fingerprint density at radius 1 is 1.14 bits per heavy atom. The van der Waals surface area contributed by atoms with Crippen molar-refractivity contribution in [3.8, 4) is 0 Å². The Balaban J connectivity index is 2.02. The number of likely N-dealkylation sites (tertiary alicyclic amines) is 1. The average Bonchev–Trinajstić information content (AvgIpc) is 2.19. The van der Waals surface area contributed by atoms with Crippen molar-refractivity contribution in [3.05, 3.63) is 0 Å². The molecule has 0 aromatic rings. The lowest BCUT2D eigenvalue weighted by Gasteiger charge is -2.27. The van der Waals surface area contributed by atoms with Crippen molar-refractivity contribution in [2.24, 2.45) is 0 Å². The van der Waals surface area contributed by atoms with Crippen LogP contribution in [0.15, 0.2) is 0 Å². The fourth-order valence-corrected chi connectivity index (χ4v) is 2.05. The molecule has 0 aliphatic carbocycles. The second kappa shape index (κ2) is 6.41. The van der Waals surface area contributed by atoms with Crippen LogP contribution in [0, 0.1) is 0 Å².